The molecule has 0 saturated carbocycles. The van der Waals surface area contributed by atoms with Gasteiger partial charge in [-0.05, 0) is 19.1 Å². The van der Waals surface area contributed by atoms with E-state index in [0.717, 1.165) is 29.0 Å². The summed E-state index contributed by atoms with van der Waals surface area (Å²) in [5.41, 5.74) is 15.5. The van der Waals surface area contributed by atoms with Crippen LogP contribution in [0.1, 0.15) is 42.4 Å². The maximum atomic E-state index is 12.4. The molecule has 0 saturated heterocycles. The van der Waals surface area contributed by atoms with E-state index in [2.05, 4.69) is 28.0 Å². The van der Waals surface area contributed by atoms with Crippen LogP contribution in [-0.2, 0) is 0 Å². The molecule has 1 amide bonds. The Morgan fingerprint density at radius 3 is 2.72 bits per heavy atom. The number of aliphatic imine (C=N–C) groups is 2. The number of carbonyl (C=O) groups excluding carboxylic acids is 1. The van der Waals surface area contributed by atoms with Crippen molar-refractivity contribution in [2.45, 2.75) is 26.2 Å². The Hall–Kier alpha value is -3.68. The first kappa shape index (κ1) is 20.1. The number of para-hydroxylation sites is 1. The highest BCUT2D eigenvalue weighted by atomic mass is 16.1. The van der Waals surface area contributed by atoms with Crippen molar-refractivity contribution in [2.24, 2.45) is 21.5 Å². The number of benzene rings is 1. The highest BCUT2D eigenvalue weighted by Crippen LogP contribution is 2.34. The van der Waals surface area contributed by atoms with Crippen molar-refractivity contribution in [2.75, 3.05) is 7.05 Å². The van der Waals surface area contributed by atoms with Crippen LogP contribution in [0, 0.1) is 0 Å². The molecule has 0 aliphatic heterocycles. The lowest BCUT2D eigenvalue weighted by Crippen LogP contribution is -2.19. The van der Waals surface area contributed by atoms with Crippen LogP contribution in [0.2, 0.25) is 0 Å². The molecule has 1 heterocycles. The molecule has 1 aromatic heterocycles. The molecule has 2 aromatic rings. The van der Waals surface area contributed by atoms with Crippen LogP contribution in [0.5, 0.6) is 0 Å². The fraction of sp³-hybridized carbons (Fsp3) is 0.238. The van der Waals surface area contributed by atoms with Gasteiger partial charge in [-0.15, -0.1) is 0 Å². The number of fused-ring (bicyclic) bond motifs is 1. The van der Waals surface area contributed by atoms with Crippen LogP contribution in [0.4, 0.5) is 0 Å². The minimum atomic E-state index is -0.150. The first-order chi connectivity index (χ1) is 13.9. The second-order valence-electron chi connectivity index (χ2n) is 6.78. The summed E-state index contributed by atoms with van der Waals surface area (Å²) in [6.07, 6.45) is 5.87. The summed E-state index contributed by atoms with van der Waals surface area (Å²) >= 11 is 0. The topological polar surface area (TPSA) is 124 Å². The lowest BCUT2D eigenvalue weighted by atomic mass is 10.1. The largest absolute Gasteiger partial charge is 0.399 e. The average molecular weight is 391 g/mol. The maximum Gasteiger partial charge on any atom is 0.253 e. The molecule has 0 spiro atoms. The Labute approximate surface area is 169 Å². The minimum absolute atomic E-state index is 0.148. The summed E-state index contributed by atoms with van der Waals surface area (Å²) < 4.78 is 2.04. The average Bonchev–Trinajstić information content (AvgIpc) is 3.48. The number of hydrogen-bond acceptors (Lipinski definition) is 5. The number of nitrogens with one attached hydrogen (secondary N) is 1. The molecular weight excluding hydrogens is 366 g/mol. The van der Waals surface area contributed by atoms with Gasteiger partial charge in [-0.2, -0.15) is 0 Å². The van der Waals surface area contributed by atoms with E-state index in [1.54, 1.807) is 26.3 Å². The normalized spacial score (nSPS) is 15.5. The predicted molar refractivity (Wildman–Crippen MR) is 118 cm³/mol. The van der Waals surface area contributed by atoms with Gasteiger partial charge in [0.25, 0.3) is 5.91 Å². The molecule has 1 atom stereocenters. The Morgan fingerprint density at radius 1 is 1.41 bits per heavy atom. The number of nitrogens with zero attached hydrogens (tertiary/aromatic N) is 4. The monoisotopic (exact) mass is 391 g/mol. The van der Waals surface area contributed by atoms with Crippen LogP contribution in [0.25, 0.3) is 16.7 Å². The number of amides is 1. The molecule has 150 valence electrons. The zero-order valence-corrected chi connectivity index (χ0v) is 16.8. The third-order valence-electron chi connectivity index (χ3n) is 4.69. The van der Waals surface area contributed by atoms with Crippen LogP contribution in [-0.4, -0.2) is 35.1 Å². The van der Waals surface area contributed by atoms with E-state index < -0.39 is 0 Å². The van der Waals surface area contributed by atoms with Gasteiger partial charge in [-0.1, -0.05) is 25.6 Å². The molecule has 29 heavy (non-hydrogen) atoms. The smallest absolute Gasteiger partial charge is 0.253 e. The fourth-order valence-electron chi connectivity index (χ4n) is 2.98. The van der Waals surface area contributed by atoms with Crippen molar-refractivity contribution in [3.8, 4) is 0 Å². The van der Waals surface area contributed by atoms with Gasteiger partial charge in [0.05, 0.1) is 28.9 Å². The Bertz CT molecular complexity index is 1100. The molecule has 0 bridgehead atoms. The highest BCUT2D eigenvalue weighted by molar-refractivity contribution is 6.06. The lowest BCUT2D eigenvalue weighted by molar-refractivity contribution is 0.0964. The van der Waals surface area contributed by atoms with Gasteiger partial charge < -0.3 is 16.8 Å². The second-order valence-corrected chi connectivity index (χ2v) is 6.78. The molecule has 1 aromatic carbocycles. The SMILES string of the molecule is C=C(N)/C(C)=C(\N=CN)N=CC(C)c1nc2cccc(C(=O)NC)c2n1C1=CC1. The third-order valence-corrected chi connectivity index (χ3v) is 4.69. The molecule has 1 aliphatic carbocycles. The summed E-state index contributed by atoms with van der Waals surface area (Å²) in [7, 11) is 1.62. The zero-order chi connectivity index (χ0) is 21.1. The van der Waals surface area contributed by atoms with Crippen molar-refractivity contribution in [3.05, 3.63) is 59.3 Å². The maximum absolute atomic E-state index is 12.4. The molecule has 0 radical (unpaired) electrons. The first-order valence-corrected chi connectivity index (χ1v) is 9.26. The molecule has 0 fully saturated rings. The summed E-state index contributed by atoms with van der Waals surface area (Å²) in [5, 5.41) is 2.70. The number of aromatic nitrogens is 2. The Morgan fingerprint density at radius 2 is 2.14 bits per heavy atom. The van der Waals surface area contributed by atoms with Gasteiger partial charge in [0.15, 0.2) is 5.82 Å². The Kier molecular flexibility index (Phi) is 5.63. The van der Waals surface area contributed by atoms with Gasteiger partial charge in [0, 0.05) is 36.7 Å². The van der Waals surface area contributed by atoms with Crippen molar-refractivity contribution in [1.29, 1.82) is 0 Å². The molecule has 1 unspecified atom stereocenters. The number of hydrogen-bond donors (Lipinski definition) is 3. The summed E-state index contributed by atoms with van der Waals surface area (Å²) in [6, 6.07) is 5.54. The number of allylic oxidation sites excluding steroid dienone is 3. The van der Waals surface area contributed by atoms with Crippen molar-refractivity contribution in [3.63, 3.8) is 0 Å². The molecule has 3 rings (SSSR count). The molecular formula is C21H25N7O. The Balaban J connectivity index is 2.09. The van der Waals surface area contributed by atoms with Crippen molar-refractivity contribution in [1.82, 2.24) is 14.9 Å². The standard InChI is InChI=1S/C21H25N7O/c1-12(10-25-19(26-11-22)13(2)14(3)23)20-27-17-7-5-6-16(21(29)24-4)18(17)28(20)15-8-9-15/h5-8,10-12H,3,9,23H2,1-2,4H3,(H2,22,26)(H,24,29)/b19-13-,25-10?. The van der Waals surface area contributed by atoms with Crippen LogP contribution in [0.3, 0.4) is 0 Å². The van der Waals surface area contributed by atoms with Crippen LogP contribution >= 0.6 is 0 Å². The van der Waals surface area contributed by atoms with Crippen molar-refractivity contribution >= 4 is 35.2 Å². The van der Waals surface area contributed by atoms with E-state index in [0.29, 0.717) is 22.7 Å². The van der Waals surface area contributed by atoms with Crippen molar-refractivity contribution < 1.29 is 4.79 Å². The lowest BCUT2D eigenvalue weighted by Gasteiger charge is -2.11. The molecule has 8 heteroatoms. The van der Waals surface area contributed by atoms with Crippen LogP contribution in [0.15, 0.2) is 57.9 Å². The molecule has 1 aliphatic rings. The van der Waals surface area contributed by atoms with Crippen LogP contribution < -0.4 is 16.8 Å². The van der Waals surface area contributed by atoms with Gasteiger partial charge in [-0.25, -0.2) is 15.0 Å². The number of nitrogens with two attached hydrogens (primary N) is 2. The van der Waals surface area contributed by atoms with E-state index in [-0.39, 0.29) is 11.8 Å². The quantitative estimate of drug-likeness (QED) is 0.381. The fourth-order valence-corrected chi connectivity index (χ4v) is 2.98. The summed E-state index contributed by atoms with van der Waals surface area (Å²) in [6.45, 7) is 7.49. The third kappa shape index (κ3) is 3.96. The zero-order valence-electron chi connectivity index (χ0n) is 16.8. The van der Waals surface area contributed by atoms with Gasteiger partial charge in [0.1, 0.15) is 5.82 Å². The van der Waals surface area contributed by atoms with E-state index in [9.17, 15) is 4.79 Å². The first-order valence-electron chi connectivity index (χ1n) is 9.26. The number of rotatable bonds is 7. The predicted octanol–water partition coefficient (Wildman–Crippen LogP) is 2.51. The van der Waals surface area contributed by atoms with E-state index >= 15 is 0 Å². The van der Waals surface area contributed by atoms with E-state index in [1.807, 2.05) is 23.6 Å². The minimum Gasteiger partial charge on any atom is -0.399 e. The van der Waals surface area contributed by atoms with Gasteiger partial charge in [0.2, 0.25) is 0 Å². The second kappa shape index (κ2) is 8.14. The van der Waals surface area contributed by atoms with Gasteiger partial charge >= 0.3 is 0 Å². The summed E-state index contributed by atoms with van der Waals surface area (Å²) in [5.74, 6) is 0.893. The molecule has 5 N–H and O–H groups in total. The highest BCUT2D eigenvalue weighted by Gasteiger charge is 2.25. The molecule has 8 nitrogen and oxygen atoms in total. The van der Waals surface area contributed by atoms with Gasteiger partial charge in [-0.3, -0.25) is 9.36 Å². The van der Waals surface area contributed by atoms with E-state index in [4.69, 9.17) is 16.5 Å². The van der Waals surface area contributed by atoms with E-state index in [1.165, 1.54) is 6.34 Å². The number of carbonyl (C=O) groups is 1. The number of imidazole rings is 1. The summed E-state index contributed by atoms with van der Waals surface area (Å²) in [4.78, 5) is 25.7.